The van der Waals surface area contributed by atoms with Crippen LogP contribution in [0.1, 0.15) is 63.1 Å². The first-order valence-corrected chi connectivity index (χ1v) is 26.7. The van der Waals surface area contributed by atoms with Crippen molar-refractivity contribution in [3.8, 4) is 23.0 Å². The molecule has 2 atom stereocenters. The van der Waals surface area contributed by atoms with Crippen molar-refractivity contribution in [1.82, 2.24) is 15.1 Å². The molecular formula is C59H75N5O20. The predicted octanol–water partition coefficient (Wildman–Crippen LogP) is 5.20. The van der Waals surface area contributed by atoms with Gasteiger partial charge < -0.3 is 77.4 Å². The fourth-order valence-electron chi connectivity index (χ4n) is 8.80. The van der Waals surface area contributed by atoms with Gasteiger partial charge in [-0.3, -0.25) is 34.6 Å². The number of aryl methyl sites for hydroxylation is 1. The van der Waals surface area contributed by atoms with Crippen molar-refractivity contribution >= 4 is 53.2 Å². The van der Waals surface area contributed by atoms with Crippen molar-refractivity contribution < 1.29 is 95.9 Å². The highest BCUT2D eigenvalue weighted by Crippen LogP contribution is 2.37. The van der Waals surface area contributed by atoms with Gasteiger partial charge in [0.2, 0.25) is 5.91 Å². The number of hydrogen-bond acceptors (Lipinski definition) is 20. The van der Waals surface area contributed by atoms with Gasteiger partial charge in [-0.25, -0.2) is 9.59 Å². The van der Waals surface area contributed by atoms with Crippen LogP contribution in [0.5, 0.6) is 23.0 Å². The number of esters is 2. The van der Waals surface area contributed by atoms with Crippen LogP contribution in [0.15, 0.2) is 92.1 Å². The Morgan fingerprint density at radius 2 is 1.10 bits per heavy atom. The predicted molar refractivity (Wildman–Crippen MR) is 304 cm³/mol. The summed E-state index contributed by atoms with van der Waals surface area (Å²) in [6.45, 7) is 16.8. The molecule has 0 spiro atoms. The van der Waals surface area contributed by atoms with Crippen molar-refractivity contribution in [3.05, 3.63) is 120 Å². The number of methoxy groups -OCH3 is 3. The lowest BCUT2D eigenvalue weighted by atomic mass is 10.1. The van der Waals surface area contributed by atoms with Crippen molar-refractivity contribution in [2.75, 3.05) is 118 Å². The second-order valence-electron chi connectivity index (χ2n) is 19.2. The number of hydrogen-bond donors (Lipinski definition) is 5. The summed E-state index contributed by atoms with van der Waals surface area (Å²) >= 11 is 0. The first kappa shape index (κ1) is 66.3. The minimum Gasteiger partial charge on any atom is -0.493 e. The maximum atomic E-state index is 14.1. The average Bonchev–Trinajstić information content (AvgIpc) is 4.25. The summed E-state index contributed by atoms with van der Waals surface area (Å²) in [6.07, 6.45) is 1.44. The molecule has 2 heterocycles. The molecule has 2 aliphatic heterocycles. The summed E-state index contributed by atoms with van der Waals surface area (Å²) in [5.74, 6) is -1.74. The molecule has 2 fully saturated rings. The molecule has 84 heavy (non-hydrogen) atoms. The molecule has 2 aliphatic rings. The minimum absolute atomic E-state index is 0.0383. The molecule has 0 bridgehead atoms. The second kappa shape index (κ2) is 34.2. The van der Waals surface area contributed by atoms with E-state index in [1.54, 1.807) is 31.2 Å². The van der Waals surface area contributed by atoms with E-state index in [-0.39, 0.29) is 146 Å². The third-order valence-electron chi connectivity index (χ3n) is 12.8. The van der Waals surface area contributed by atoms with Gasteiger partial charge in [0.15, 0.2) is 11.5 Å². The number of ether oxygens (including phenoxy) is 11. The zero-order valence-corrected chi connectivity index (χ0v) is 47.8. The lowest BCUT2D eigenvalue weighted by Gasteiger charge is -2.25. The molecule has 25 heteroatoms. The van der Waals surface area contributed by atoms with Gasteiger partial charge in [0.25, 0.3) is 11.8 Å². The molecule has 0 saturated carbocycles. The Morgan fingerprint density at radius 3 is 1.58 bits per heavy atom. The van der Waals surface area contributed by atoms with E-state index in [1.165, 1.54) is 61.5 Å². The largest absolute Gasteiger partial charge is 0.493 e. The van der Waals surface area contributed by atoms with E-state index in [2.05, 4.69) is 51.7 Å². The molecule has 0 aromatic heterocycles. The number of carbonyl (C=O) groups excluding carboxylic acids is 7. The fourth-order valence-corrected chi connectivity index (χ4v) is 8.80. The van der Waals surface area contributed by atoms with Crippen LogP contribution in [0.2, 0.25) is 0 Å². The highest BCUT2D eigenvalue weighted by atomic mass is 16.6. The molecule has 0 unspecified atom stereocenters. The Bertz CT molecular complexity index is 2820. The standard InChI is InChI=1S/C59H75N5O20/c1-9-11-81-58(72)61-48-28-50(39(5)21-46(48)56(70)63-30-37(3)19-43(63)32-65)83-34-40-22-41(24-45(23-40)80-18-17-78-14-13-77-15-16-79-36-53(67)60-42(25-54(68)75-7)26-55(69)76-8)35-84-52-29-49(62-59(73)82-12-10-2)47(27-51(52)74-6)57(71)64-31-38(4)20-44(64)33-66/h9-10,21-24,27-29,42-44,65-66H,1-4,11-20,25-26,30-36H2,5-8H3,(H,60,67)(H,61,72)(H,62,73)/t43-,44-/m0/s1. The quantitative estimate of drug-likeness (QED) is 0.0222. The molecular weight excluding hydrogens is 1100 g/mol. The number of aliphatic hydroxyl groups excluding tert-OH is 2. The van der Waals surface area contributed by atoms with E-state index in [9.17, 15) is 43.8 Å². The third-order valence-corrected chi connectivity index (χ3v) is 12.8. The van der Waals surface area contributed by atoms with Gasteiger partial charge in [-0.05, 0) is 66.8 Å². The van der Waals surface area contributed by atoms with Crippen LogP contribution in [0.4, 0.5) is 21.0 Å². The summed E-state index contributed by atoms with van der Waals surface area (Å²) in [7, 11) is 3.78. The Hall–Kier alpha value is -8.49. The monoisotopic (exact) mass is 1170 g/mol. The van der Waals surface area contributed by atoms with Crippen LogP contribution in [0, 0.1) is 6.92 Å². The molecule has 5 rings (SSSR count). The summed E-state index contributed by atoms with van der Waals surface area (Å²) in [5, 5.41) is 28.0. The molecule has 0 aliphatic carbocycles. The normalized spacial score (nSPS) is 14.6. The molecule has 0 radical (unpaired) electrons. The highest BCUT2D eigenvalue weighted by Gasteiger charge is 2.35. The number of rotatable bonds is 34. The lowest BCUT2D eigenvalue weighted by molar-refractivity contribution is -0.143. The molecule has 25 nitrogen and oxygen atoms in total. The first-order valence-electron chi connectivity index (χ1n) is 26.7. The fraction of sp³-hybridized carbons (Fsp3) is 0.441. The number of amides is 5. The summed E-state index contributed by atoms with van der Waals surface area (Å²) in [4.78, 5) is 92.8. The number of anilines is 2. The van der Waals surface area contributed by atoms with Crippen LogP contribution < -0.4 is 34.9 Å². The number of benzene rings is 3. The van der Waals surface area contributed by atoms with Crippen LogP contribution in [0.3, 0.4) is 0 Å². The van der Waals surface area contributed by atoms with E-state index in [0.29, 0.717) is 41.0 Å². The lowest BCUT2D eigenvalue weighted by Crippen LogP contribution is -2.40. The van der Waals surface area contributed by atoms with Gasteiger partial charge >= 0.3 is 24.1 Å². The van der Waals surface area contributed by atoms with Gasteiger partial charge in [-0.2, -0.15) is 0 Å². The summed E-state index contributed by atoms with van der Waals surface area (Å²) < 4.78 is 60.9. The third kappa shape index (κ3) is 20.4. The van der Waals surface area contributed by atoms with Crippen LogP contribution in [-0.2, 0) is 60.8 Å². The van der Waals surface area contributed by atoms with Crippen LogP contribution >= 0.6 is 0 Å². The van der Waals surface area contributed by atoms with Gasteiger partial charge in [0.1, 0.15) is 51.1 Å². The van der Waals surface area contributed by atoms with Crippen molar-refractivity contribution in [2.24, 2.45) is 0 Å². The Balaban J connectivity index is 1.32. The first-order chi connectivity index (χ1) is 40.4. The Labute approximate surface area is 487 Å². The van der Waals surface area contributed by atoms with Crippen molar-refractivity contribution in [2.45, 2.75) is 63.9 Å². The maximum absolute atomic E-state index is 14.1. The maximum Gasteiger partial charge on any atom is 0.411 e. The second-order valence-corrected chi connectivity index (χ2v) is 19.2. The molecule has 3 aromatic rings. The average molecular weight is 1170 g/mol. The highest BCUT2D eigenvalue weighted by molar-refractivity contribution is 6.05. The number of carbonyl (C=O) groups is 7. The zero-order valence-electron chi connectivity index (χ0n) is 47.8. The number of aliphatic hydroxyl groups is 2. The Kier molecular flexibility index (Phi) is 27.0. The van der Waals surface area contributed by atoms with Crippen LogP contribution in [-0.4, -0.2) is 187 Å². The molecule has 5 amide bonds. The summed E-state index contributed by atoms with van der Waals surface area (Å²) in [5.41, 5.74) is 3.54. The van der Waals surface area contributed by atoms with Crippen molar-refractivity contribution in [3.63, 3.8) is 0 Å². The zero-order chi connectivity index (χ0) is 61.1. The molecule has 456 valence electrons. The molecule has 5 N–H and O–H groups in total. The van der Waals surface area contributed by atoms with E-state index >= 15 is 0 Å². The minimum atomic E-state index is -0.871. The smallest absolute Gasteiger partial charge is 0.411 e. The summed E-state index contributed by atoms with van der Waals surface area (Å²) in [6, 6.07) is 9.35. The van der Waals surface area contributed by atoms with E-state index in [1.807, 2.05) is 0 Å². The van der Waals surface area contributed by atoms with Gasteiger partial charge in [-0.1, -0.05) is 49.6 Å². The van der Waals surface area contributed by atoms with E-state index in [4.69, 9.17) is 42.6 Å². The van der Waals surface area contributed by atoms with Gasteiger partial charge in [-0.15, -0.1) is 0 Å². The molecule has 2 saturated heterocycles. The van der Waals surface area contributed by atoms with Gasteiger partial charge in [0, 0.05) is 31.3 Å². The molecule has 3 aromatic carbocycles. The Morgan fingerprint density at radius 1 is 0.619 bits per heavy atom. The number of nitrogens with zero attached hydrogens (tertiary/aromatic N) is 2. The van der Waals surface area contributed by atoms with Gasteiger partial charge in [0.05, 0.1) is 115 Å². The topological polar surface area (TPSA) is 304 Å². The van der Waals surface area contributed by atoms with Crippen molar-refractivity contribution in [1.29, 1.82) is 0 Å². The number of likely N-dealkylation sites (tertiary alicyclic amines) is 2. The van der Waals surface area contributed by atoms with Crippen LogP contribution in [0.25, 0.3) is 0 Å². The number of nitrogens with one attached hydrogen (secondary N) is 3. The van der Waals surface area contributed by atoms with E-state index in [0.717, 1.165) is 11.1 Å². The SMILES string of the molecule is C=CCOC(=O)Nc1cc(OCc2cc(COc3cc(NC(=O)OCC=C)c(C(=O)N4CC(=C)C[C@H]4CO)cc3OC)cc(OCCOCCOCCOCC(=O)NC(CC(=O)OC)CC(=O)OC)c2)c(C)cc1C(=O)N1CC(=C)C[C@H]1CO. The van der Waals surface area contributed by atoms with E-state index < -0.39 is 60.0 Å².